The molecule has 0 unspecified atom stereocenters. The van der Waals surface area contributed by atoms with Crippen LogP contribution in [0.2, 0.25) is 0 Å². The summed E-state index contributed by atoms with van der Waals surface area (Å²) in [5.41, 5.74) is 12.8. The summed E-state index contributed by atoms with van der Waals surface area (Å²) in [4.78, 5) is 8.00. The Morgan fingerprint density at radius 1 is 0.545 bits per heavy atom. The van der Waals surface area contributed by atoms with E-state index < -0.39 is 0 Å². The molecule has 22 heavy (non-hydrogen) atoms. The lowest BCUT2D eigenvalue weighted by molar-refractivity contribution is 1.36. The summed E-state index contributed by atoms with van der Waals surface area (Å²) in [5, 5.41) is 4.53. The molecule has 0 fully saturated rings. The van der Waals surface area contributed by atoms with Crippen molar-refractivity contribution in [2.45, 2.75) is 0 Å². The smallest absolute Gasteiger partial charge is 0.0347 e. The Morgan fingerprint density at radius 2 is 1.00 bits per heavy atom. The van der Waals surface area contributed by atoms with E-state index in [4.69, 9.17) is 11.5 Å². The fourth-order valence-corrected chi connectivity index (χ4v) is 2.21. The molecule has 0 aliphatic carbocycles. The minimum Gasteiger partial charge on any atom is -0.399 e. The van der Waals surface area contributed by atoms with Gasteiger partial charge >= 0.3 is 0 Å². The number of anilines is 2. The monoisotopic (exact) mass is 288 g/mol. The van der Waals surface area contributed by atoms with E-state index in [1.807, 2.05) is 60.9 Å². The lowest BCUT2D eigenvalue weighted by atomic mass is 10.2. The zero-order valence-electron chi connectivity index (χ0n) is 12.0. The van der Waals surface area contributed by atoms with Crippen molar-refractivity contribution in [3.63, 3.8) is 0 Å². The molecule has 0 aliphatic rings. The van der Waals surface area contributed by atoms with Gasteiger partial charge in [-0.25, -0.2) is 0 Å². The number of fused-ring (bicyclic) bond motifs is 2. The van der Waals surface area contributed by atoms with E-state index in [0.717, 1.165) is 22.1 Å². The first-order chi connectivity index (χ1) is 10.7. The Kier molecular flexibility index (Phi) is 3.83. The molecular formula is C18H16N4. The Balaban J connectivity index is 0.000000131. The van der Waals surface area contributed by atoms with E-state index in [0.29, 0.717) is 0 Å². The summed E-state index contributed by atoms with van der Waals surface area (Å²) in [7, 11) is 0. The van der Waals surface area contributed by atoms with Crippen molar-refractivity contribution in [2.24, 2.45) is 0 Å². The van der Waals surface area contributed by atoms with Gasteiger partial charge in [-0.15, -0.1) is 0 Å². The predicted octanol–water partition coefficient (Wildman–Crippen LogP) is 3.63. The van der Waals surface area contributed by atoms with Crippen LogP contribution in [0.15, 0.2) is 73.3 Å². The van der Waals surface area contributed by atoms with E-state index in [1.54, 1.807) is 12.4 Å². The van der Waals surface area contributed by atoms with Crippen molar-refractivity contribution in [2.75, 3.05) is 11.5 Å². The van der Waals surface area contributed by atoms with Gasteiger partial charge in [-0.3, -0.25) is 9.97 Å². The van der Waals surface area contributed by atoms with Crippen LogP contribution < -0.4 is 11.5 Å². The molecule has 0 saturated heterocycles. The molecule has 0 atom stereocenters. The quantitative estimate of drug-likeness (QED) is 0.484. The van der Waals surface area contributed by atoms with Gasteiger partial charge < -0.3 is 11.5 Å². The van der Waals surface area contributed by atoms with Gasteiger partial charge in [-0.05, 0) is 47.2 Å². The molecule has 0 radical (unpaired) electrons. The number of nitrogen functional groups attached to an aromatic ring is 2. The highest BCUT2D eigenvalue weighted by Gasteiger charge is 1.91. The van der Waals surface area contributed by atoms with E-state index in [9.17, 15) is 0 Å². The normalized spacial score (nSPS) is 10.2. The summed E-state index contributed by atoms with van der Waals surface area (Å²) >= 11 is 0. The van der Waals surface area contributed by atoms with Gasteiger partial charge in [0, 0.05) is 46.9 Å². The molecule has 108 valence electrons. The largest absolute Gasteiger partial charge is 0.399 e. The summed E-state index contributed by atoms with van der Waals surface area (Å²) in [6.07, 6.45) is 7.18. The van der Waals surface area contributed by atoms with Gasteiger partial charge in [-0.1, -0.05) is 12.1 Å². The van der Waals surface area contributed by atoms with E-state index in [1.165, 1.54) is 10.8 Å². The van der Waals surface area contributed by atoms with Gasteiger partial charge in [0.05, 0.1) is 0 Å². The van der Waals surface area contributed by atoms with Crippen LogP contribution in [0, 0.1) is 0 Å². The van der Waals surface area contributed by atoms with Crippen LogP contribution in [0.1, 0.15) is 0 Å². The summed E-state index contributed by atoms with van der Waals surface area (Å²) in [5.74, 6) is 0. The fourth-order valence-electron chi connectivity index (χ4n) is 2.21. The Morgan fingerprint density at radius 3 is 1.45 bits per heavy atom. The molecule has 4 aromatic rings. The van der Waals surface area contributed by atoms with Crippen molar-refractivity contribution >= 4 is 32.9 Å². The van der Waals surface area contributed by atoms with Gasteiger partial charge in [0.25, 0.3) is 0 Å². The molecule has 0 saturated carbocycles. The molecule has 4 heteroatoms. The summed E-state index contributed by atoms with van der Waals surface area (Å²) in [6, 6.07) is 15.5. The van der Waals surface area contributed by atoms with Crippen LogP contribution in [-0.4, -0.2) is 9.97 Å². The van der Waals surface area contributed by atoms with Gasteiger partial charge in [0.2, 0.25) is 0 Å². The standard InChI is InChI=1S/2C9H8N2/c2*10-9-2-1-7-3-4-11-6-8(7)5-9/h2*1-6H,10H2. The lowest BCUT2D eigenvalue weighted by Crippen LogP contribution is -1.83. The number of benzene rings is 2. The minimum absolute atomic E-state index is 0.783. The zero-order chi connectivity index (χ0) is 15.4. The van der Waals surface area contributed by atoms with E-state index in [-0.39, 0.29) is 0 Å². The third-order valence-electron chi connectivity index (χ3n) is 3.33. The Labute approximate surface area is 128 Å². The molecule has 2 aromatic carbocycles. The molecule has 0 aliphatic heterocycles. The first kappa shape index (κ1) is 13.8. The molecule has 4 rings (SSSR count). The minimum atomic E-state index is 0.783. The average Bonchev–Trinajstić information content (AvgIpc) is 2.55. The van der Waals surface area contributed by atoms with Crippen LogP contribution in [-0.2, 0) is 0 Å². The number of aromatic nitrogens is 2. The number of nitrogens with two attached hydrogens (primary N) is 2. The van der Waals surface area contributed by atoms with Crippen LogP contribution >= 0.6 is 0 Å². The molecule has 2 aromatic heterocycles. The maximum Gasteiger partial charge on any atom is 0.0347 e. The third kappa shape index (κ3) is 3.12. The summed E-state index contributed by atoms with van der Waals surface area (Å²) < 4.78 is 0. The molecule has 4 nitrogen and oxygen atoms in total. The number of hydrogen-bond acceptors (Lipinski definition) is 4. The highest BCUT2D eigenvalue weighted by molar-refractivity contribution is 5.84. The summed E-state index contributed by atoms with van der Waals surface area (Å²) in [6.45, 7) is 0. The van der Waals surface area contributed by atoms with E-state index >= 15 is 0 Å². The van der Waals surface area contributed by atoms with Crippen LogP contribution in [0.3, 0.4) is 0 Å². The lowest BCUT2D eigenvalue weighted by Gasteiger charge is -1.96. The Bertz CT molecular complexity index is 841. The van der Waals surface area contributed by atoms with Crippen LogP contribution in [0.4, 0.5) is 11.4 Å². The van der Waals surface area contributed by atoms with Crippen molar-refractivity contribution < 1.29 is 0 Å². The molecule has 0 bridgehead atoms. The highest BCUT2D eigenvalue weighted by Crippen LogP contribution is 2.15. The third-order valence-corrected chi connectivity index (χ3v) is 3.33. The van der Waals surface area contributed by atoms with Crippen molar-refractivity contribution in [1.82, 2.24) is 9.97 Å². The number of hydrogen-bond donors (Lipinski definition) is 2. The van der Waals surface area contributed by atoms with Gasteiger partial charge in [0.15, 0.2) is 0 Å². The first-order valence-electron chi connectivity index (χ1n) is 6.91. The van der Waals surface area contributed by atoms with E-state index in [2.05, 4.69) is 9.97 Å². The van der Waals surface area contributed by atoms with Crippen molar-refractivity contribution in [1.29, 1.82) is 0 Å². The second kappa shape index (κ2) is 6.10. The molecule has 2 heterocycles. The topological polar surface area (TPSA) is 77.8 Å². The first-order valence-corrected chi connectivity index (χ1v) is 6.91. The maximum absolute atomic E-state index is 5.60. The second-order valence-corrected chi connectivity index (χ2v) is 4.96. The fraction of sp³-hybridized carbons (Fsp3) is 0. The van der Waals surface area contributed by atoms with Crippen LogP contribution in [0.25, 0.3) is 21.5 Å². The number of pyridine rings is 2. The molecule has 0 spiro atoms. The molecular weight excluding hydrogens is 272 g/mol. The second-order valence-electron chi connectivity index (χ2n) is 4.96. The number of rotatable bonds is 0. The Hall–Kier alpha value is -3.14. The molecule has 0 amide bonds. The number of nitrogens with zero attached hydrogens (tertiary/aromatic N) is 2. The SMILES string of the molecule is Nc1ccc2ccncc2c1.Nc1ccc2ccncc2c1. The van der Waals surface area contributed by atoms with Crippen LogP contribution in [0.5, 0.6) is 0 Å². The molecule has 4 N–H and O–H groups in total. The predicted molar refractivity (Wildman–Crippen MR) is 92.3 cm³/mol. The van der Waals surface area contributed by atoms with Gasteiger partial charge in [-0.2, -0.15) is 0 Å². The van der Waals surface area contributed by atoms with Crippen molar-refractivity contribution in [3.05, 3.63) is 73.3 Å². The average molecular weight is 288 g/mol. The zero-order valence-corrected chi connectivity index (χ0v) is 12.0. The van der Waals surface area contributed by atoms with Gasteiger partial charge in [0.1, 0.15) is 0 Å². The maximum atomic E-state index is 5.60. The highest BCUT2D eigenvalue weighted by atomic mass is 14.6. The van der Waals surface area contributed by atoms with Crippen molar-refractivity contribution in [3.8, 4) is 0 Å².